The van der Waals surface area contributed by atoms with Crippen LogP contribution in [0.5, 0.6) is 5.75 Å². The van der Waals surface area contributed by atoms with Crippen LogP contribution in [0.25, 0.3) is 11.3 Å². The van der Waals surface area contributed by atoms with Gasteiger partial charge >= 0.3 is 0 Å². The second-order valence-corrected chi connectivity index (χ2v) is 11.2. The molecule has 0 aliphatic carbocycles. The first-order chi connectivity index (χ1) is 17.3. The predicted octanol–water partition coefficient (Wildman–Crippen LogP) is 3.76. The van der Waals surface area contributed by atoms with E-state index in [1.165, 1.54) is 37.6 Å². The Morgan fingerprint density at radius 3 is 2.54 bits per heavy atom. The molecule has 0 spiro atoms. The van der Waals surface area contributed by atoms with Gasteiger partial charge < -0.3 is 15.4 Å². The zero-order valence-electron chi connectivity index (χ0n) is 20.7. The van der Waals surface area contributed by atoms with Gasteiger partial charge in [-0.1, -0.05) is 6.92 Å². The molecule has 1 aliphatic rings. The summed E-state index contributed by atoms with van der Waals surface area (Å²) in [7, 11) is -3.03. The third kappa shape index (κ3) is 5.06. The number of nitrogens with two attached hydrogens (primary N) is 1. The molecule has 1 aromatic carbocycles. The number of ether oxygens (including phenoxy) is 1. The van der Waals surface area contributed by atoms with Crippen molar-refractivity contribution in [3.8, 4) is 17.0 Å². The number of rotatable bonds is 6. The van der Waals surface area contributed by atoms with E-state index in [1.807, 2.05) is 23.5 Å². The molecular formula is C25H27F2N5O4S. The van der Waals surface area contributed by atoms with E-state index in [-0.39, 0.29) is 45.0 Å². The molecule has 1 amide bonds. The average molecular weight is 532 g/mol. The number of sulfonamides is 1. The SMILES string of the molecule is COc1cc(F)c(F)cc1-c1ccc(C(=O)NS(=O)(=O)c2cccnc2N)c(N2C[C@@H](C)CC2(C)C)n1. The molecule has 1 fully saturated rings. The van der Waals surface area contributed by atoms with Crippen molar-refractivity contribution in [2.45, 2.75) is 37.6 Å². The molecule has 1 saturated heterocycles. The summed E-state index contributed by atoms with van der Waals surface area (Å²) in [4.78, 5) is 23.3. The minimum absolute atomic E-state index is 0.0153. The van der Waals surface area contributed by atoms with E-state index in [1.54, 1.807) is 0 Å². The standard InChI is InChI=1S/C25H27F2N5O4S/c1-14-12-25(2,3)32(13-14)23-15(24(33)31-37(34,35)21-6-5-9-29-22(21)28)7-8-19(30-23)16-10-17(26)18(27)11-20(16)36-4/h5-11,14H,12-13H2,1-4H3,(H2,28,29)(H,31,33)/t14-/m0/s1. The van der Waals surface area contributed by atoms with E-state index in [0.717, 1.165) is 18.6 Å². The van der Waals surface area contributed by atoms with Crippen LogP contribution in [-0.2, 0) is 10.0 Å². The van der Waals surface area contributed by atoms with E-state index >= 15 is 0 Å². The Morgan fingerprint density at radius 1 is 1.22 bits per heavy atom. The molecule has 9 nitrogen and oxygen atoms in total. The first kappa shape index (κ1) is 26.3. The number of hydrogen-bond acceptors (Lipinski definition) is 8. The normalized spacial score (nSPS) is 17.0. The van der Waals surface area contributed by atoms with Crippen LogP contribution in [0.15, 0.2) is 47.5 Å². The van der Waals surface area contributed by atoms with Crippen LogP contribution in [-0.4, -0.2) is 43.5 Å². The van der Waals surface area contributed by atoms with Gasteiger partial charge in [0, 0.05) is 29.9 Å². The number of nitrogens with one attached hydrogen (secondary N) is 1. The highest BCUT2D eigenvalue weighted by Gasteiger charge is 2.39. The number of pyridine rings is 2. The lowest BCUT2D eigenvalue weighted by Gasteiger charge is -2.34. The number of methoxy groups -OCH3 is 1. The Labute approximate surface area is 213 Å². The highest BCUT2D eigenvalue weighted by atomic mass is 32.2. The van der Waals surface area contributed by atoms with Crippen LogP contribution in [0.3, 0.4) is 0 Å². The topological polar surface area (TPSA) is 128 Å². The Bertz CT molecular complexity index is 1480. The molecule has 3 heterocycles. The maximum absolute atomic E-state index is 14.1. The summed E-state index contributed by atoms with van der Waals surface area (Å²) in [5.41, 5.74) is 5.66. The Morgan fingerprint density at radius 2 is 1.92 bits per heavy atom. The van der Waals surface area contributed by atoms with Gasteiger partial charge in [-0.15, -0.1) is 0 Å². The van der Waals surface area contributed by atoms with Crippen LogP contribution in [0.1, 0.15) is 37.6 Å². The third-order valence-electron chi connectivity index (χ3n) is 6.28. The molecular weight excluding hydrogens is 504 g/mol. The van der Waals surface area contributed by atoms with Crippen LogP contribution in [0.4, 0.5) is 20.4 Å². The van der Waals surface area contributed by atoms with Crippen LogP contribution in [0.2, 0.25) is 0 Å². The lowest BCUT2D eigenvalue weighted by atomic mass is 9.97. The number of nitrogen functional groups attached to an aromatic ring is 1. The number of benzene rings is 1. The summed E-state index contributed by atoms with van der Waals surface area (Å²) in [6.45, 7) is 6.57. The maximum atomic E-state index is 14.1. The van der Waals surface area contributed by atoms with Crippen LogP contribution < -0.4 is 20.1 Å². The van der Waals surface area contributed by atoms with Gasteiger partial charge in [0.2, 0.25) is 0 Å². The van der Waals surface area contributed by atoms with Crippen molar-refractivity contribution in [1.29, 1.82) is 0 Å². The largest absolute Gasteiger partial charge is 0.496 e. The molecule has 0 saturated carbocycles. The number of halogens is 2. The number of aromatic nitrogens is 2. The van der Waals surface area contributed by atoms with Crippen LogP contribution in [0, 0.1) is 17.6 Å². The predicted molar refractivity (Wildman–Crippen MR) is 135 cm³/mol. The van der Waals surface area contributed by atoms with Gasteiger partial charge in [-0.05, 0) is 56.5 Å². The first-order valence-corrected chi connectivity index (χ1v) is 12.9. The summed E-state index contributed by atoms with van der Waals surface area (Å²) in [6, 6.07) is 7.33. The van der Waals surface area contributed by atoms with E-state index in [9.17, 15) is 22.0 Å². The second kappa shape index (κ2) is 9.58. The molecule has 196 valence electrons. The molecule has 0 bridgehead atoms. The molecule has 3 N–H and O–H groups in total. The van der Waals surface area contributed by atoms with Gasteiger partial charge in [0.05, 0.1) is 18.4 Å². The van der Waals surface area contributed by atoms with E-state index < -0.39 is 33.1 Å². The Hall–Kier alpha value is -3.80. The fraction of sp³-hybridized carbons (Fsp3) is 0.320. The highest BCUT2D eigenvalue weighted by molar-refractivity contribution is 7.90. The quantitative estimate of drug-likeness (QED) is 0.492. The molecule has 0 radical (unpaired) electrons. The summed E-state index contributed by atoms with van der Waals surface area (Å²) in [5.74, 6) is -2.83. The summed E-state index contributed by atoms with van der Waals surface area (Å²) in [5, 5.41) is 0. The van der Waals surface area contributed by atoms with E-state index in [4.69, 9.17) is 10.5 Å². The number of carbonyl (C=O) groups excluding carboxylic acids is 1. The number of nitrogens with zero attached hydrogens (tertiary/aromatic N) is 3. The fourth-order valence-electron chi connectivity index (χ4n) is 4.70. The first-order valence-electron chi connectivity index (χ1n) is 11.4. The highest BCUT2D eigenvalue weighted by Crippen LogP contribution is 2.39. The number of anilines is 2. The molecule has 37 heavy (non-hydrogen) atoms. The second-order valence-electron chi connectivity index (χ2n) is 9.59. The monoisotopic (exact) mass is 531 g/mol. The summed E-state index contributed by atoms with van der Waals surface area (Å²) >= 11 is 0. The minimum Gasteiger partial charge on any atom is -0.496 e. The molecule has 4 rings (SSSR count). The van der Waals surface area contributed by atoms with Crippen molar-refractivity contribution in [3.05, 3.63) is 59.8 Å². The van der Waals surface area contributed by atoms with Gasteiger partial charge in [0.1, 0.15) is 22.3 Å². The number of carbonyl (C=O) groups is 1. The summed E-state index contributed by atoms with van der Waals surface area (Å²) in [6.07, 6.45) is 2.12. The third-order valence-corrected chi connectivity index (χ3v) is 7.66. The molecule has 0 unspecified atom stereocenters. The number of amides is 1. The number of hydrogen-bond donors (Lipinski definition) is 2. The average Bonchev–Trinajstić information content (AvgIpc) is 3.11. The minimum atomic E-state index is -4.35. The lowest BCUT2D eigenvalue weighted by Crippen LogP contribution is -2.41. The smallest absolute Gasteiger partial charge is 0.268 e. The van der Waals surface area contributed by atoms with Crippen molar-refractivity contribution in [2.24, 2.45) is 5.92 Å². The van der Waals surface area contributed by atoms with E-state index in [2.05, 4.69) is 16.9 Å². The fourth-order valence-corrected chi connectivity index (χ4v) is 5.75. The Balaban J connectivity index is 1.84. The van der Waals surface area contributed by atoms with E-state index in [0.29, 0.717) is 6.54 Å². The molecule has 1 aliphatic heterocycles. The van der Waals surface area contributed by atoms with Crippen molar-refractivity contribution >= 4 is 27.6 Å². The maximum Gasteiger partial charge on any atom is 0.268 e. The van der Waals surface area contributed by atoms with Gasteiger partial charge in [0.25, 0.3) is 15.9 Å². The van der Waals surface area contributed by atoms with Crippen molar-refractivity contribution in [3.63, 3.8) is 0 Å². The van der Waals surface area contributed by atoms with Crippen molar-refractivity contribution < 1.29 is 26.7 Å². The molecule has 12 heteroatoms. The van der Waals surface area contributed by atoms with Crippen molar-refractivity contribution in [2.75, 3.05) is 24.3 Å². The van der Waals surface area contributed by atoms with Crippen molar-refractivity contribution in [1.82, 2.24) is 14.7 Å². The lowest BCUT2D eigenvalue weighted by molar-refractivity contribution is 0.0981. The van der Waals surface area contributed by atoms with Gasteiger partial charge in [0.15, 0.2) is 11.6 Å². The summed E-state index contributed by atoms with van der Waals surface area (Å²) < 4.78 is 61.0. The zero-order chi connectivity index (χ0) is 27.1. The Kier molecular flexibility index (Phi) is 6.80. The van der Waals surface area contributed by atoms with Crippen LogP contribution >= 0.6 is 0 Å². The zero-order valence-corrected chi connectivity index (χ0v) is 21.6. The molecule has 3 aromatic rings. The van der Waals surface area contributed by atoms with Gasteiger partial charge in [-0.3, -0.25) is 4.79 Å². The van der Waals surface area contributed by atoms with Gasteiger partial charge in [-0.2, -0.15) is 0 Å². The molecule has 2 aromatic heterocycles. The molecule has 1 atom stereocenters. The van der Waals surface area contributed by atoms with Gasteiger partial charge in [-0.25, -0.2) is 31.9 Å².